The molecule has 1 saturated heterocycles. The lowest BCUT2D eigenvalue weighted by Gasteiger charge is -2.34. The van der Waals surface area contributed by atoms with Crippen molar-refractivity contribution in [2.24, 2.45) is 5.92 Å². The second-order valence-electron chi connectivity index (χ2n) is 6.41. The molecule has 1 aromatic heterocycles. The number of carbonyl (C=O) groups is 1. The molecule has 1 aromatic carbocycles. The molecule has 24 heavy (non-hydrogen) atoms. The Hall–Kier alpha value is -2.27. The van der Waals surface area contributed by atoms with E-state index in [-0.39, 0.29) is 17.9 Å². The van der Waals surface area contributed by atoms with E-state index in [1.807, 2.05) is 42.2 Å². The fraction of sp³-hybridized carbons (Fsp3) is 0.421. The van der Waals surface area contributed by atoms with E-state index in [4.69, 9.17) is 0 Å². The van der Waals surface area contributed by atoms with E-state index in [1.54, 1.807) is 6.20 Å². The molecule has 126 valence electrons. The highest BCUT2D eigenvalue weighted by molar-refractivity contribution is 5.94. The number of aliphatic hydroxyl groups excluding tert-OH is 1. The molecule has 0 unspecified atom stereocenters. The predicted octanol–water partition coefficient (Wildman–Crippen LogP) is 2.24. The van der Waals surface area contributed by atoms with Crippen molar-refractivity contribution in [2.45, 2.75) is 32.3 Å². The van der Waals surface area contributed by atoms with E-state index in [9.17, 15) is 9.90 Å². The maximum Gasteiger partial charge on any atom is 0.257 e. The van der Waals surface area contributed by atoms with Gasteiger partial charge in [-0.25, -0.2) is 9.97 Å². The minimum Gasteiger partial charge on any atom is -0.392 e. The Morgan fingerprint density at radius 3 is 2.67 bits per heavy atom. The Morgan fingerprint density at radius 1 is 1.29 bits per heavy atom. The summed E-state index contributed by atoms with van der Waals surface area (Å²) >= 11 is 0. The molecule has 0 saturated carbocycles. The maximum absolute atomic E-state index is 12.6. The van der Waals surface area contributed by atoms with Crippen molar-refractivity contribution in [3.8, 4) is 0 Å². The number of nitrogens with zero attached hydrogens (tertiary/aromatic N) is 3. The molecule has 1 N–H and O–H groups in total. The summed E-state index contributed by atoms with van der Waals surface area (Å²) in [4.78, 5) is 22.5. The number of benzene rings is 1. The van der Waals surface area contributed by atoms with Gasteiger partial charge in [0.25, 0.3) is 5.91 Å². The van der Waals surface area contributed by atoms with Crippen molar-refractivity contribution < 1.29 is 9.90 Å². The Labute approximate surface area is 142 Å². The molecule has 0 radical (unpaired) electrons. The maximum atomic E-state index is 12.6. The van der Waals surface area contributed by atoms with Crippen molar-refractivity contribution in [2.75, 3.05) is 13.1 Å². The van der Waals surface area contributed by atoms with Crippen LogP contribution in [0.1, 0.15) is 34.5 Å². The average Bonchev–Trinajstić information content (AvgIpc) is 2.62. The summed E-state index contributed by atoms with van der Waals surface area (Å²) in [6.45, 7) is 3.17. The number of hydrogen-bond acceptors (Lipinski definition) is 4. The fourth-order valence-corrected chi connectivity index (χ4v) is 3.28. The lowest BCUT2D eigenvalue weighted by Crippen LogP contribution is -2.42. The van der Waals surface area contributed by atoms with Crippen LogP contribution in [0.3, 0.4) is 0 Å². The third-order valence-electron chi connectivity index (χ3n) is 4.80. The van der Waals surface area contributed by atoms with E-state index in [0.717, 1.165) is 18.4 Å². The molecule has 1 amide bonds. The number of likely N-dealkylation sites (tertiary alicyclic amines) is 1. The van der Waals surface area contributed by atoms with E-state index >= 15 is 0 Å². The molecular formula is C19H23N3O2. The van der Waals surface area contributed by atoms with Gasteiger partial charge in [-0.05, 0) is 37.7 Å². The largest absolute Gasteiger partial charge is 0.392 e. The van der Waals surface area contributed by atoms with Gasteiger partial charge < -0.3 is 10.0 Å². The van der Waals surface area contributed by atoms with E-state index in [1.165, 1.54) is 6.33 Å². The molecule has 3 rings (SSSR count). The molecular weight excluding hydrogens is 302 g/mol. The zero-order valence-corrected chi connectivity index (χ0v) is 13.9. The van der Waals surface area contributed by atoms with Crippen LogP contribution in [-0.2, 0) is 6.42 Å². The van der Waals surface area contributed by atoms with Crippen LogP contribution in [0.4, 0.5) is 0 Å². The first-order valence-electron chi connectivity index (χ1n) is 8.43. The molecule has 0 bridgehead atoms. The summed E-state index contributed by atoms with van der Waals surface area (Å²) in [6.07, 6.45) is 5.01. The van der Waals surface area contributed by atoms with Gasteiger partial charge in [0.15, 0.2) is 0 Å². The third kappa shape index (κ3) is 3.79. The third-order valence-corrected chi connectivity index (χ3v) is 4.80. The number of rotatable bonds is 4. The molecule has 0 spiro atoms. The van der Waals surface area contributed by atoms with Crippen LogP contribution in [0.5, 0.6) is 0 Å². The van der Waals surface area contributed by atoms with Gasteiger partial charge in [-0.15, -0.1) is 0 Å². The van der Waals surface area contributed by atoms with Crippen LogP contribution < -0.4 is 0 Å². The quantitative estimate of drug-likeness (QED) is 0.936. The first kappa shape index (κ1) is 16.6. The van der Waals surface area contributed by atoms with Gasteiger partial charge in [-0.2, -0.15) is 0 Å². The number of hydrogen-bond donors (Lipinski definition) is 1. The van der Waals surface area contributed by atoms with Crippen LogP contribution in [0.25, 0.3) is 0 Å². The highest BCUT2D eigenvalue weighted by Crippen LogP contribution is 2.24. The summed E-state index contributed by atoms with van der Waals surface area (Å²) in [5.74, 6) is 0.228. The van der Waals surface area contributed by atoms with Crippen LogP contribution >= 0.6 is 0 Å². The van der Waals surface area contributed by atoms with Crippen molar-refractivity contribution in [3.63, 3.8) is 0 Å². The predicted molar refractivity (Wildman–Crippen MR) is 91.5 cm³/mol. The summed E-state index contributed by atoms with van der Waals surface area (Å²) in [6, 6.07) is 10.1. The first-order valence-corrected chi connectivity index (χ1v) is 8.43. The molecule has 1 atom stereocenters. The van der Waals surface area contributed by atoms with E-state index in [0.29, 0.717) is 30.8 Å². The Balaban J connectivity index is 1.56. The molecule has 0 aliphatic carbocycles. The minimum absolute atomic E-state index is 0.0101. The molecule has 1 fully saturated rings. The van der Waals surface area contributed by atoms with Crippen molar-refractivity contribution in [1.82, 2.24) is 14.9 Å². The summed E-state index contributed by atoms with van der Waals surface area (Å²) < 4.78 is 0. The molecule has 5 nitrogen and oxygen atoms in total. The lowest BCUT2D eigenvalue weighted by molar-refractivity contribution is 0.0466. The number of carbonyl (C=O) groups excluding carboxylic acids is 1. The molecule has 2 aromatic rings. The van der Waals surface area contributed by atoms with E-state index < -0.39 is 0 Å². The van der Waals surface area contributed by atoms with Crippen LogP contribution in [0, 0.1) is 12.8 Å². The second-order valence-corrected chi connectivity index (χ2v) is 6.41. The topological polar surface area (TPSA) is 66.3 Å². The van der Waals surface area contributed by atoms with Gasteiger partial charge in [0.1, 0.15) is 6.33 Å². The van der Waals surface area contributed by atoms with Crippen molar-refractivity contribution in [1.29, 1.82) is 0 Å². The number of aromatic nitrogens is 2. The lowest BCUT2D eigenvalue weighted by atomic mass is 9.87. The fourth-order valence-electron chi connectivity index (χ4n) is 3.28. The highest BCUT2D eigenvalue weighted by atomic mass is 16.3. The molecule has 1 aliphatic rings. The van der Waals surface area contributed by atoms with Gasteiger partial charge >= 0.3 is 0 Å². The van der Waals surface area contributed by atoms with Crippen molar-refractivity contribution >= 4 is 5.91 Å². The Morgan fingerprint density at radius 2 is 2.00 bits per heavy atom. The number of aliphatic hydroxyl groups is 1. The van der Waals surface area contributed by atoms with Crippen LogP contribution in [0.2, 0.25) is 0 Å². The Kier molecular flexibility index (Phi) is 5.20. The Bertz CT molecular complexity index is 682. The van der Waals surface area contributed by atoms with E-state index in [2.05, 4.69) is 9.97 Å². The monoisotopic (exact) mass is 325 g/mol. The summed E-state index contributed by atoms with van der Waals surface area (Å²) in [5, 5.41) is 10.5. The SMILES string of the molecule is Cc1ncncc1C(=O)N1CCC([C@@H](O)Cc2ccccc2)CC1. The van der Waals surface area contributed by atoms with Crippen LogP contribution in [-0.4, -0.2) is 45.1 Å². The number of piperidine rings is 1. The van der Waals surface area contributed by atoms with Crippen LogP contribution in [0.15, 0.2) is 42.9 Å². The molecule has 5 heteroatoms. The molecule has 2 heterocycles. The van der Waals surface area contributed by atoms with Gasteiger partial charge in [0.2, 0.25) is 0 Å². The summed E-state index contributed by atoms with van der Waals surface area (Å²) in [5.41, 5.74) is 2.43. The molecule has 1 aliphatic heterocycles. The minimum atomic E-state index is -0.355. The number of aryl methyl sites for hydroxylation is 1. The van der Waals surface area contributed by atoms with Gasteiger partial charge in [-0.3, -0.25) is 4.79 Å². The zero-order chi connectivity index (χ0) is 16.9. The highest BCUT2D eigenvalue weighted by Gasteiger charge is 2.28. The van der Waals surface area contributed by atoms with Gasteiger partial charge in [0, 0.05) is 19.3 Å². The van der Waals surface area contributed by atoms with Gasteiger partial charge in [0.05, 0.1) is 17.4 Å². The number of amides is 1. The average molecular weight is 325 g/mol. The summed E-state index contributed by atoms with van der Waals surface area (Å²) in [7, 11) is 0. The first-order chi connectivity index (χ1) is 11.6. The second kappa shape index (κ2) is 7.53. The smallest absolute Gasteiger partial charge is 0.257 e. The zero-order valence-electron chi connectivity index (χ0n) is 13.9. The standard InChI is InChI=1S/C19H23N3O2/c1-14-17(12-20-13-21-14)19(24)22-9-7-16(8-10-22)18(23)11-15-5-3-2-4-6-15/h2-6,12-13,16,18,23H,7-11H2,1H3/t18-/m0/s1. The normalized spacial score (nSPS) is 16.8. The van der Waals surface area contributed by atoms with Gasteiger partial charge in [-0.1, -0.05) is 30.3 Å². The van der Waals surface area contributed by atoms with Crippen molar-refractivity contribution in [3.05, 3.63) is 59.7 Å².